The highest BCUT2D eigenvalue weighted by molar-refractivity contribution is 6.06. The van der Waals surface area contributed by atoms with Gasteiger partial charge in [-0.05, 0) is 42.7 Å². The Bertz CT molecular complexity index is 1460. The summed E-state index contributed by atoms with van der Waals surface area (Å²) in [5.41, 5.74) is 3.31. The lowest BCUT2D eigenvalue weighted by Gasteiger charge is -2.19. The maximum atomic E-state index is 13.2. The molecule has 4 aromatic rings. The first kappa shape index (κ1) is 20.7. The highest BCUT2D eigenvalue weighted by Crippen LogP contribution is 2.28. The molecule has 1 aromatic heterocycles. The maximum absolute atomic E-state index is 13.2. The third-order valence-corrected chi connectivity index (χ3v) is 6.95. The van der Waals surface area contributed by atoms with E-state index in [0.717, 1.165) is 48.8 Å². The number of amides is 1. The normalized spacial score (nSPS) is 15.8. The van der Waals surface area contributed by atoms with Gasteiger partial charge in [0.1, 0.15) is 11.4 Å². The van der Waals surface area contributed by atoms with Crippen LogP contribution in [0.4, 0.5) is 17.3 Å². The van der Waals surface area contributed by atoms with Crippen LogP contribution in [0.2, 0.25) is 0 Å². The number of anilines is 3. The summed E-state index contributed by atoms with van der Waals surface area (Å²) in [4.78, 5) is 43.6. The van der Waals surface area contributed by atoms with Gasteiger partial charge in [-0.3, -0.25) is 19.3 Å². The number of hydrogen-bond acceptors (Lipinski definition) is 6. The fourth-order valence-electron chi connectivity index (χ4n) is 5.07. The number of nitrogens with zero attached hydrogens (tertiary/aromatic N) is 3. The molecular formula is C26H25N5O3. The Morgan fingerprint density at radius 3 is 2.47 bits per heavy atom. The van der Waals surface area contributed by atoms with Crippen molar-refractivity contribution in [1.82, 2.24) is 9.55 Å². The van der Waals surface area contributed by atoms with Crippen LogP contribution in [0.25, 0.3) is 11.0 Å². The summed E-state index contributed by atoms with van der Waals surface area (Å²) in [5, 5.41) is 6.35. The molecule has 2 N–H and O–H groups in total. The highest BCUT2D eigenvalue weighted by Gasteiger charge is 2.29. The number of hydrogen-bond donors (Lipinski definition) is 2. The topological polar surface area (TPSA) is 96.3 Å². The van der Waals surface area contributed by atoms with Gasteiger partial charge >= 0.3 is 0 Å². The van der Waals surface area contributed by atoms with Crippen molar-refractivity contribution in [3.8, 4) is 0 Å². The van der Waals surface area contributed by atoms with E-state index >= 15 is 0 Å². The number of aromatic nitrogens is 2. The van der Waals surface area contributed by atoms with Gasteiger partial charge in [0.2, 0.25) is 5.95 Å². The molecule has 0 saturated heterocycles. The molecule has 0 unspecified atom stereocenters. The van der Waals surface area contributed by atoms with Gasteiger partial charge in [0.25, 0.3) is 16.8 Å². The van der Waals surface area contributed by atoms with Gasteiger partial charge in [0.05, 0.1) is 11.0 Å². The van der Waals surface area contributed by atoms with Crippen molar-refractivity contribution in [3.63, 3.8) is 0 Å². The van der Waals surface area contributed by atoms with Crippen LogP contribution in [-0.4, -0.2) is 28.0 Å². The Labute approximate surface area is 195 Å². The van der Waals surface area contributed by atoms with E-state index in [-0.39, 0.29) is 11.9 Å². The quantitative estimate of drug-likeness (QED) is 0.433. The first-order chi connectivity index (χ1) is 16.6. The van der Waals surface area contributed by atoms with Crippen LogP contribution in [-0.2, 0) is 13.1 Å². The van der Waals surface area contributed by atoms with Crippen molar-refractivity contribution in [2.75, 3.05) is 22.1 Å². The number of rotatable bonds is 6. The average Bonchev–Trinajstić information content (AvgIpc) is 3.60. The van der Waals surface area contributed by atoms with Crippen molar-refractivity contribution >= 4 is 34.3 Å². The second-order valence-corrected chi connectivity index (χ2v) is 9.09. The summed E-state index contributed by atoms with van der Waals surface area (Å²) in [6.07, 6.45) is 4.36. The molecule has 0 bridgehead atoms. The van der Waals surface area contributed by atoms with E-state index in [1.165, 1.54) is 0 Å². The third-order valence-electron chi connectivity index (χ3n) is 6.95. The predicted octanol–water partition coefficient (Wildman–Crippen LogP) is 3.26. The largest absolute Gasteiger partial charge is 0.377 e. The van der Waals surface area contributed by atoms with Crippen LogP contribution in [0.3, 0.4) is 0 Å². The smallest absolute Gasteiger partial charge is 0.260 e. The van der Waals surface area contributed by atoms with Crippen LogP contribution in [0.15, 0.2) is 58.1 Å². The van der Waals surface area contributed by atoms with Crippen LogP contribution < -0.4 is 26.4 Å². The van der Waals surface area contributed by atoms with Gasteiger partial charge in [0.15, 0.2) is 0 Å². The molecule has 1 amide bonds. The molecule has 6 rings (SSSR count). The minimum Gasteiger partial charge on any atom is -0.377 e. The van der Waals surface area contributed by atoms with Gasteiger partial charge < -0.3 is 15.2 Å². The van der Waals surface area contributed by atoms with Crippen molar-refractivity contribution < 1.29 is 4.79 Å². The van der Waals surface area contributed by atoms with Crippen LogP contribution in [0.5, 0.6) is 0 Å². The fraction of sp³-hybridized carbons (Fsp3) is 0.308. The molecule has 1 fully saturated rings. The molecule has 1 aliphatic carbocycles. The lowest BCUT2D eigenvalue weighted by Crippen LogP contribution is -2.39. The Kier molecular flexibility index (Phi) is 4.94. The van der Waals surface area contributed by atoms with E-state index in [0.29, 0.717) is 36.0 Å². The molecule has 0 atom stereocenters. The summed E-state index contributed by atoms with van der Waals surface area (Å²) in [6, 6.07) is 15.5. The molecule has 1 aliphatic heterocycles. The minimum atomic E-state index is -0.468. The number of carbonyl (C=O) groups is 1. The van der Waals surface area contributed by atoms with E-state index in [2.05, 4.69) is 20.2 Å². The molecule has 3 aromatic carbocycles. The van der Waals surface area contributed by atoms with Gasteiger partial charge in [-0.2, -0.15) is 0 Å². The number of benzene rings is 2. The second kappa shape index (κ2) is 8.13. The zero-order valence-electron chi connectivity index (χ0n) is 18.7. The molecule has 34 heavy (non-hydrogen) atoms. The molecule has 172 valence electrons. The highest BCUT2D eigenvalue weighted by atomic mass is 16.2. The Morgan fingerprint density at radius 1 is 0.941 bits per heavy atom. The summed E-state index contributed by atoms with van der Waals surface area (Å²) in [6.45, 7) is 1.72. The van der Waals surface area contributed by atoms with Gasteiger partial charge in [-0.1, -0.05) is 37.1 Å². The van der Waals surface area contributed by atoms with Crippen molar-refractivity contribution in [3.05, 3.63) is 80.1 Å². The minimum absolute atomic E-state index is 0.0842. The number of imidazole rings is 1. The van der Waals surface area contributed by atoms with Crippen molar-refractivity contribution in [1.29, 1.82) is 0 Å². The zero-order chi connectivity index (χ0) is 23.2. The summed E-state index contributed by atoms with van der Waals surface area (Å²) in [7, 11) is 0. The van der Waals surface area contributed by atoms with Crippen LogP contribution in [0, 0.1) is 0 Å². The van der Waals surface area contributed by atoms with Gasteiger partial charge in [-0.15, -0.1) is 0 Å². The first-order valence-corrected chi connectivity index (χ1v) is 11.8. The first-order valence-electron chi connectivity index (χ1n) is 11.8. The number of para-hydroxylation sites is 2. The van der Waals surface area contributed by atoms with E-state index in [4.69, 9.17) is 0 Å². The molecule has 0 spiro atoms. The summed E-state index contributed by atoms with van der Waals surface area (Å²) < 4.78 is 2.08. The summed E-state index contributed by atoms with van der Waals surface area (Å²) >= 11 is 0. The lowest BCUT2D eigenvalue weighted by atomic mass is 10.1. The standard InChI is InChI=1S/C26H25N5O3/c32-23-21(22(24(23)33)28-18-5-1-2-6-18)27-15-16-9-11-17(12-10-16)25(34)31-14-13-30-20-8-4-3-7-19(20)29-26(30)31/h3-4,7-12,18,27-28H,1-2,5-6,13-15H2. The molecule has 1 saturated carbocycles. The number of carbonyl (C=O) groups excluding carboxylic acids is 1. The van der Waals surface area contributed by atoms with E-state index in [1.54, 1.807) is 17.0 Å². The zero-order valence-corrected chi connectivity index (χ0v) is 18.7. The monoisotopic (exact) mass is 455 g/mol. The molecule has 2 aliphatic rings. The fourth-order valence-corrected chi connectivity index (χ4v) is 5.07. The van der Waals surface area contributed by atoms with E-state index in [9.17, 15) is 14.4 Å². The average molecular weight is 456 g/mol. The molecule has 8 nitrogen and oxygen atoms in total. The number of nitrogens with one attached hydrogen (secondary N) is 2. The van der Waals surface area contributed by atoms with E-state index < -0.39 is 10.9 Å². The Balaban J connectivity index is 1.14. The molecule has 8 heteroatoms. The van der Waals surface area contributed by atoms with Gasteiger partial charge in [0, 0.05) is 31.2 Å². The lowest BCUT2D eigenvalue weighted by molar-refractivity contribution is 0.0988. The van der Waals surface area contributed by atoms with Gasteiger partial charge in [-0.25, -0.2) is 4.98 Å². The van der Waals surface area contributed by atoms with Crippen molar-refractivity contribution in [2.45, 2.75) is 44.8 Å². The van der Waals surface area contributed by atoms with Crippen molar-refractivity contribution in [2.24, 2.45) is 0 Å². The predicted molar refractivity (Wildman–Crippen MR) is 132 cm³/mol. The summed E-state index contributed by atoms with van der Waals surface area (Å²) in [5.74, 6) is 0.596. The molecular weight excluding hydrogens is 430 g/mol. The molecule has 0 radical (unpaired) electrons. The Hall–Kier alpha value is -3.94. The maximum Gasteiger partial charge on any atom is 0.260 e. The molecule has 2 heterocycles. The van der Waals surface area contributed by atoms with Crippen LogP contribution in [0.1, 0.15) is 41.6 Å². The van der Waals surface area contributed by atoms with Crippen LogP contribution >= 0.6 is 0 Å². The second-order valence-electron chi connectivity index (χ2n) is 9.09. The number of fused-ring (bicyclic) bond motifs is 3. The Morgan fingerprint density at radius 2 is 1.68 bits per heavy atom. The van der Waals surface area contributed by atoms with E-state index in [1.807, 2.05) is 36.4 Å². The third kappa shape index (κ3) is 3.37. The SMILES string of the molecule is O=C(c1ccc(CNc2c(NC3CCCC3)c(=O)c2=O)cc1)N1CCn2c1nc1ccccc12.